The molecule has 3 heterocycles. The van der Waals surface area contributed by atoms with Gasteiger partial charge in [0.1, 0.15) is 36.8 Å². The largest absolute Gasteiger partial charge is 0.497 e. The highest BCUT2D eigenvalue weighted by Gasteiger charge is 2.29. The first-order valence-corrected chi connectivity index (χ1v) is 13.6. The predicted molar refractivity (Wildman–Crippen MR) is 155 cm³/mol. The highest BCUT2D eigenvalue weighted by atomic mass is 19.2. The fraction of sp³-hybridized carbons (Fsp3) is 0.345. The summed E-state index contributed by atoms with van der Waals surface area (Å²) in [7, 11) is 5.28. The number of nitrogens with zero attached hydrogens (tertiary/aromatic N) is 6. The molecule has 0 unspecified atom stereocenters. The number of hydrogen-bond donors (Lipinski definition) is 2. The lowest BCUT2D eigenvalue weighted by Crippen LogP contribution is -2.43. The van der Waals surface area contributed by atoms with Crippen molar-refractivity contribution in [3.05, 3.63) is 60.7 Å². The fourth-order valence-corrected chi connectivity index (χ4v) is 4.93. The summed E-state index contributed by atoms with van der Waals surface area (Å²) in [6.45, 7) is 1.07. The van der Waals surface area contributed by atoms with Crippen LogP contribution in [0.25, 0.3) is 10.9 Å². The van der Waals surface area contributed by atoms with Gasteiger partial charge in [-0.2, -0.15) is 5.10 Å². The first-order valence-electron chi connectivity index (χ1n) is 13.6. The van der Waals surface area contributed by atoms with Gasteiger partial charge >= 0.3 is 0 Å². The average molecular weight is 595 g/mol. The van der Waals surface area contributed by atoms with Crippen molar-refractivity contribution in [2.75, 3.05) is 51.5 Å². The summed E-state index contributed by atoms with van der Waals surface area (Å²) in [4.78, 5) is 37.7. The van der Waals surface area contributed by atoms with E-state index >= 15 is 0 Å². The molecule has 1 aliphatic rings. The minimum atomic E-state index is -1.13. The second-order valence-electron chi connectivity index (χ2n) is 10.4. The van der Waals surface area contributed by atoms with Crippen molar-refractivity contribution >= 4 is 39.9 Å². The molecule has 2 aromatic carbocycles. The van der Waals surface area contributed by atoms with Crippen LogP contribution in [0.1, 0.15) is 12.8 Å². The minimum absolute atomic E-state index is 0.0593. The van der Waals surface area contributed by atoms with Crippen LogP contribution in [0.4, 0.5) is 26.0 Å². The Morgan fingerprint density at radius 2 is 2.02 bits per heavy atom. The summed E-state index contributed by atoms with van der Waals surface area (Å²) < 4.78 is 40.5. The highest BCUT2D eigenvalue weighted by Crippen LogP contribution is 2.36. The Hall–Kier alpha value is -4.85. The van der Waals surface area contributed by atoms with Crippen molar-refractivity contribution in [1.29, 1.82) is 0 Å². The monoisotopic (exact) mass is 594 g/mol. The highest BCUT2D eigenvalue weighted by molar-refractivity contribution is 5.97. The van der Waals surface area contributed by atoms with Crippen LogP contribution in [-0.4, -0.2) is 88.3 Å². The summed E-state index contributed by atoms with van der Waals surface area (Å²) in [5.74, 6) is -1.26. The molecule has 0 spiro atoms. The molecular formula is C29H32F2N8O4. The number of amides is 2. The fourth-order valence-electron chi connectivity index (χ4n) is 4.93. The van der Waals surface area contributed by atoms with Crippen LogP contribution in [0.15, 0.2) is 49.1 Å². The molecule has 0 bridgehead atoms. The maximum absolute atomic E-state index is 13.9. The number of likely N-dealkylation sites (N-methyl/N-ethyl adjacent to an activating group) is 1. The zero-order valence-electron chi connectivity index (χ0n) is 24.0. The van der Waals surface area contributed by atoms with Crippen LogP contribution >= 0.6 is 0 Å². The second kappa shape index (κ2) is 13.0. The summed E-state index contributed by atoms with van der Waals surface area (Å²) in [5, 5.41) is 10.3. The van der Waals surface area contributed by atoms with E-state index in [1.807, 2.05) is 23.9 Å². The molecule has 1 atom stereocenters. The number of aromatic nitrogens is 4. The maximum atomic E-state index is 13.9. The smallest absolute Gasteiger partial charge is 0.246 e. The average Bonchev–Trinajstić information content (AvgIpc) is 3.63. The van der Waals surface area contributed by atoms with E-state index in [1.54, 1.807) is 25.4 Å². The Bertz CT molecular complexity index is 1630. The quantitative estimate of drug-likeness (QED) is 0.269. The van der Waals surface area contributed by atoms with Gasteiger partial charge in [-0.05, 0) is 39.1 Å². The molecule has 14 heteroatoms. The van der Waals surface area contributed by atoms with Crippen LogP contribution in [0.2, 0.25) is 0 Å². The first-order chi connectivity index (χ1) is 20.7. The van der Waals surface area contributed by atoms with Crippen molar-refractivity contribution in [3.8, 4) is 11.5 Å². The summed E-state index contributed by atoms with van der Waals surface area (Å²) >= 11 is 0. The molecular weight excluding hydrogens is 562 g/mol. The zero-order valence-corrected chi connectivity index (χ0v) is 24.0. The Kier molecular flexibility index (Phi) is 8.95. The zero-order chi connectivity index (χ0) is 30.5. The lowest BCUT2D eigenvalue weighted by Gasteiger charge is -2.26. The number of rotatable bonds is 11. The standard InChI is InChI=1S/C29H32F2N8O4/c1-37(2)15-26(41)39-9-5-6-19(39)16-43-24-11-20(42-3)10-23-27(24)29(33-17-32-23)35-18-12-34-38(13-18)14-25(40)36-22-8-4-7-21(30)28(22)31/h4,7-8,10-13,17,19H,5-6,9,14-16H2,1-3H3,(H,36,40)(H,32,33,35)/t19-/m1/s1. The Morgan fingerprint density at radius 3 is 2.81 bits per heavy atom. The second-order valence-corrected chi connectivity index (χ2v) is 10.4. The van der Waals surface area contributed by atoms with Gasteiger partial charge in [-0.3, -0.25) is 14.3 Å². The van der Waals surface area contributed by atoms with Crippen LogP contribution in [0, 0.1) is 11.6 Å². The third-order valence-electron chi connectivity index (χ3n) is 6.92. The number of benzene rings is 2. The molecule has 2 N–H and O–H groups in total. The molecule has 4 aromatic rings. The maximum Gasteiger partial charge on any atom is 0.246 e. The SMILES string of the molecule is COc1cc(OC[C@H]2CCCN2C(=O)CN(C)C)c2c(Nc3cnn(CC(=O)Nc4cccc(F)c4F)c3)ncnc2c1. The molecule has 0 radical (unpaired) electrons. The topological polar surface area (TPSA) is 127 Å². The van der Waals surface area contributed by atoms with E-state index in [4.69, 9.17) is 9.47 Å². The number of nitrogens with one attached hydrogen (secondary N) is 2. The molecule has 0 saturated carbocycles. The number of hydrogen-bond acceptors (Lipinski definition) is 9. The van der Waals surface area contributed by atoms with Gasteiger partial charge in [-0.15, -0.1) is 0 Å². The molecule has 2 amide bonds. The molecule has 12 nitrogen and oxygen atoms in total. The Balaban J connectivity index is 1.32. The van der Waals surface area contributed by atoms with Gasteiger partial charge in [0.2, 0.25) is 11.8 Å². The third-order valence-corrected chi connectivity index (χ3v) is 6.92. The molecule has 1 saturated heterocycles. The van der Waals surface area contributed by atoms with E-state index in [0.29, 0.717) is 47.0 Å². The van der Waals surface area contributed by atoms with E-state index in [-0.39, 0.29) is 30.8 Å². The number of likely N-dealkylation sites (tertiary alicyclic amines) is 1. The van der Waals surface area contributed by atoms with Gasteiger partial charge in [0.05, 0.1) is 48.2 Å². The van der Waals surface area contributed by atoms with Crippen molar-refractivity contribution in [2.45, 2.75) is 25.4 Å². The molecule has 1 fully saturated rings. The van der Waals surface area contributed by atoms with Crippen molar-refractivity contribution in [3.63, 3.8) is 0 Å². The summed E-state index contributed by atoms with van der Waals surface area (Å²) in [5.41, 5.74) is 0.833. The molecule has 0 aliphatic carbocycles. The molecule has 5 rings (SSSR count). The lowest BCUT2D eigenvalue weighted by molar-refractivity contribution is -0.133. The van der Waals surface area contributed by atoms with Crippen molar-refractivity contribution in [2.24, 2.45) is 0 Å². The lowest BCUT2D eigenvalue weighted by atomic mass is 10.2. The van der Waals surface area contributed by atoms with Crippen LogP contribution in [-0.2, 0) is 16.1 Å². The van der Waals surface area contributed by atoms with E-state index in [0.717, 1.165) is 18.9 Å². The molecule has 1 aliphatic heterocycles. The van der Waals surface area contributed by atoms with E-state index in [2.05, 4.69) is 25.7 Å². The normalized spacial score (nSPS) is 14.7. The predicted octanol–water partition coefficient (Wildman–Crippen LogP) is 3.43. The Morgan fingerprint density at radius 1 is 1.19 bits per heavy atom. The van der Waals surface area contributed by atoms with Gasteiger partial charge in [0.25, 0.3) is 0 Å². The molecule has 2 aromatic heterocycles. The van der Waals surface area contributed by atoms with Crippen molar-refractivity contribution < 1.29 is 27.8 Å². The number of carbonyl (C=O) groups excluding carboxylic acids is 2. The third kappa shape index (κ3) is 6.97. The molecule has 226 valence electrons. The van der Waals surface area contributed by atoms with Gasteiger partial charge in [-0.1, -0.05) is 6.07 Å². The minimum Gasteiger partial charge on any atom is -0.497 e. The Labute approximate surface area is 246 Å². The number of ether oxygens (including phenoxy) is 2. The first kappa shape index (κ1) is 29.6. The number of methoxy groups -OCH3 is 1. The number of halogens is 2. The van der Waals surface area contributed by atoms with Crippen LogP contribution < -0.4 is 20.1 Å². The van der Waals surface area contributed by atoms with Crippen LogP contribution in [0.5, 0.6) is 11.5 Å². The van der Waals surface area contributed by atoms with E-state index in [9.17, 15) is 18.4 Å². The molecule has 43 heavy (non-hydrogen) atoms. The summed E-state index contributed by atoms with van der Waals surface area (Å²) in [6, 6.07) is 6.98. The van der Waals surface area contributed by atoms with Crippen molar-refractivity contribution in [1.82, 2.24) is 29.5 Å². The van der Waals surface area contributed by atoms with Crippen LogP contribution in [0.3, 0.4) is 0 Å². The van der Waals surface area contributed by atoms with Gasteiger partial charge in [0, 0.05) is 24.9 Å². The van der Waals surface area contributed by atoms with Gasteiger partial charge in [-0.25, -0.2) is 18.7 Å². The number of carbonyl (C=O) groups is 2. The summed E-state index contributed by atoms with van der Waals surface area (Å²) in [6.07, 6.45) is 6.22. The van der Waals surface area contributed by atoms with E-state index in [1.165, 1.54) is 29.3 Å². The van der Waals surface area contributed by atoms with E-state index < -0.39 is 17.5 Å². The van der Waals surface area contributed by atoms with Gasteiger partial charge in [0.15, 0.2) is 11.6 Å². The van der Waals surface area contributed by atoms with Gasteiger partial charge < -0.3 is 29.9 Å². The number of fused-ring (bicyclic) bond motifs is 1. The number of anilines is 3.